The number of hydrogen-bond donors (Lipinski definition) is 0. The predicted molar refractivity (Wildman–Crippen MR) is 53.8 cm³/mol. The minimum Gasteiger partial charge on any atom is -0.491 e. The van der Waals surface area contributed by atoms with Crippen molar-refractivity contribution in [1.82, 2.24) is 4.98 Å². The summed E-state index contributed by atoms with van der Waals surface area (Å²) in [5, 5.41) is 0. The molecule has 0 saturated heterocycles. The topological polar surface area (TPSA) is 57.7 Å². The number of pyridine rings is 1. The van der Waals surface area contributed by atoms with Crippen LogP contribution < -0.4 is 9.47 Å². The van der Waals surface area contributed by atoms with Crippen molar-refractivity contribution in [3.05, 3.63) is 17.3 Å². The number of methoxy groups -OCH3 is 2. The molecular weight excluding hydrogens is 312 g/mol. The van der Waals surface area contributed by atoms with Crippen molar-refractivity contribution < 1.29 is 45.3 Å². The van der Waals surface area contributed by atoms with Crippen LogP contribution in [0.15, 0.2) is 6.07 Å². The van der Waals surface area contributed by atoms with Crippen LogP contribution in [0.4, 0.5) is 26.3 Å². The summed E-state index contributed by atoms with van der Waals surface area (Å²) in [4.78, 5) is 14.1. The lowest BCUT2D eigenvalue weighted by Crippen LogP contribution is -2.22. The van der Waals surface area contributed by atoms with E-state index in [4.69, 9.17) is 0 Å². The summed E-state index contributed by atoms with van der Waals surface area (Å²) in [5.74, 6) is -3.84. The van der Waals surface area contributed by atoms with Gasteiger partial charge in [-0.05, 0) is 0 Å². The van der Waals surface area contributed by atoms with E-state index in [0.717, 1.165) is 14.2 Å². The first kappa shape index (κ1) is 16.9. The molecule has 0 N–H and O–H groups in total. The quantitative estimate of drug-likeness (QED) is 0.633. The van der Waals surface area contributed by atoms with E-state index in [2.05, 4.69) is 19.2 Å². The third-order valence-electron chi connectivity index (χ3n) is 2.07. The Morgan fingerprint density at radius 3 is 2.10 bits per heavy atom. The van der Waals surface area contributed by atoms with Crippen molar-refractivity contribution in [3.63, 3.8) is 0 Å². The highest BCUT2D eigenvalue weighted by atomic mass is 19.4. The van der Waals surface area contributed by atoms with Crippen LogP contribution in [-0.2, 0) is 10.9 Å². The van der Waals surface area contributed by atoms with Crippen molar-refractivity contribution in [2.45, 2.75) is 12.5 Å². The summed E-state index contributed by atoms with van der Waals surface area (Å²) in [5.41, 5.74) is -2.98. The summed E-state index contributed by atoms with van der Waals surface area (Å²) in [6.07, 6.45) is -10.3. The average Bonchev–Trinajstić information content (AvgIpc) is 2.34. The van der Waals surface area contributed by atoms with Gasteiger partial charge < -0.3 is 14.2 Å². The molecular formula is C10H7F6NO4. The fraction of sp³-hybridized carbons (Fsp3) is 0.400. The second kappa shape index (κ2) is 5.66. The van der Waals surface area contributed by atoms with Gasteiger partial charge in [0.15, 0.2) is 11.4 Å². The molecule has 21 heavy (non-hydrogen) atoms. The molecule has 0 saturated carbocycles. The van der Waals surface area contributed by atoms with E-state index in [0.29, 0.717) is 0 Å². The van der Waals surface area contributed by atoms with Crippen molar-refractivity contribution in [2.24, 2.45) is 0 Å². The molecule has 0 aliphatic carbocycles. The monoisotopic (exact) mass is 319 g/mol. The molecule has 118 valence electrons. The zero-order valence-corrected chi connectivity index (χ0v) is 10.4. The molecule has 0 amide bonds. The van der Waals surface area contributed by atoms with Crippen molar-refractivity contribution in [3.8, 4) is 11.6 Å². The molecule has 5 nitrogen and oxygen atoms in total. The van der Waals surface area contributed by atoms with Crippen LogP contribution in [0.1, 0.15) is 16.1 Å². The molecule has 0 aliphatic heterocycles. The van der Waals surface area contributed by atoms with Gasteiger partial charge in [0.05, 0.1) is 19.8 Å². The number of halogens is 6. The number of ether oxygens (including phenoxy) is 3. The maximum absolute atomic E-state index is 12.8. The first-order valence-electron chi connectivity index (χ1n) is 5.00. The van der Waals surface area contributed by atoms with E-state index in [1.807, 2.05) is 0 Å². The summed E-state index contributed by atoms with van der Waals surface area (Å²) in [6.45, 7) is 0. The molecule has 0 bridgehead atoms. The predicted octanol–water partition coefficient (Wildman–Crippen LogP) is 2.79. The Kier molecular flexibility index (Phi) is 4.54. The Balaban J connectivity index is 3.52. The van der Waals surface area contributed by atoms with E-state index in [1.165, 1.54) is 0 Å². The standard InChI is InChI=1S/C10H7F6NO4/c1-19-5-3-4(9(11,12)13)6(8(18)20-2)17-7(5)21-10(14,15)16/h3H,1-2H3. The molecule has 1 aromatic heterocycles. The third kappa shape index (κ3) is 4.13. The Hall–Kier alpha value is -2.20. The summed E-state index contributed by atoms with van der Waals surface area (Å²) >= 11 is 0. The van der Waals surface area contributed by atoms with Gasteiger partial charge in [0.2, 0.25) is 0 Å². The Morgan fingerprint density at radius 2 is 1.71 bits per heavy atom. The fourth-order valence-electron chi connectivity index (χ4n) is 1.28. The van der Waals surface area contributed by atoms with Gasteiger partial charge >= 0.3 is 18.5 Å². The Bertz CT molecular complexity index is 540. The first-order valence-corrected chi connectivity index (χ1v) is 5.00. The zero-order valence-electron chi connectivity index (χ0n) is 10.4. The van der Waals surface area contributed by atoms with Gasteiger partial charge in [0, 0.05) is 6.07 Å². The molecule has 0 fully saturated rings. The van der Waals surface area contributed by atoms with Crippen LogP contribution >= 0.6 is 0 Å². The maximum atomic E-state index is 12.8. The number of aromatic nitrogens is 1. The van der Waals surface area contributed by atoms with E-state index >= 15 is 0 Å². The number of hydrogen-bond acceptors (Lipinski definition) is 5. The molecule has 0 unspecified atom stereocenters. The Morgan fingerprint density at radius 1 is 1.14 bits per heavy atom. The molecule has 0 spiro atoms. The number of carbonyl (C=O) groups excluding carboxylic acids is 1. The largest absolute Gasteiger partial charge is 0.574 e. The summed E-state index contributed by atoms with van der Waals surface area (Å²) in [6, 6.07) is 0.167. The minimum atomic E-state index is -5.23. The maximum Gasteiger partial charge on any atom is 0.574 e. The van der Waals surface area contributed by atoms with Crippen molar-refractivity contribution in [2.75, 3.05) is 14.2 Å². The third-order valence-corrected chi connectivity index (χ3v) is 2.07. The first-order chi connectivity index (χ1) is 9.49. The van der Waals surface area contributed by atoms with Gasteiger partial charge in [-0.2, -0.15) is 13.2 Å². The highest BCUT2D eigenvalue weighted by Crippen LogP contribution is 2.38. The smallest absolute Gasteiger partial charge is 0.491 e. The van der Waals surface area contributed by atoms with Crippen LogP contribution in [0.25, 0.3) is 0 Å². The molecule has 1 rings (SSSR count). The number of carbonyl (C=O) groups is 1. The van der Waals surface area contributed by atoms with Gasteiger partial charge in [-0.3, -0.25) is 0 Å². The highest BCUT2D eigenvalue weighted by Gasteiger charge is 2.40. The van der Waals surface area contributed by atoms with E-state index in [1.54, 1.807) is 0 Å². The van der Waals surface area contributed by atoms with Gasteiger partial charge in [0.1, 0.15) is 0 Å². The number of rotatable bonds is 3. The van der Waals surface area contributed by atoms with Gasteiger partial charge in [0.25, 0.3) is 5.88 Å². The van der Waals surface area contributed by atoms with Crippen LogP contribution in [0.3, 0.4) is 0 Å². The fourth-order valence-corrected chi connectivity index (χ4v) is 1.28. The van der Waals surface area contributed by atoms with Crippen molar-refractivity contribution in [1.29, 1.82) is 0 Å². The lowest BCUT2D eigenvalue weighted by molar-refractivity contribution is -0.276. The van der Waals surface area contributed by atoms with E-state index in [9.17, 15) is 31.1 Å². The van der Waals surface area contributed by atoms with Gasteiger partial charge in [-0.25, -0.2) is 9.78 Å². The highest BCUT2D eigenvalue weighted by molar-refractivity contribution is 5.89. The SMILES string of the molecule is COC(=O)c1nc(OC(F)(F)F)c(OC)cc1C(F)(F)F. The lowest BCUT2D eigenvalue weighted by atomic mass is 10.1. The van der Waals surface area contributed by atoms with Crippen LogP contribution in [-0.4, -0.2) is 31.5 Å². The second-order valence-electron chi connectivity index (χ2n) is 3.43. The molecule has 0 aromatic carbocycles. The number of esters is 1. The number of nitrogens with zero attached hydrogens (tertiary/aromatic N) is 1. The van der Waals surface area contributed by atoms with Crippen LogP contribution in [0.2, 0.25) is 0 Å². The Labute approximate surface area is 113 Å². The van der Waals surface area contributed by atoms with E-state index < -0.39 is 41.4 Å². The lowest BCUT2D eigenvalue weighted by Gasteiger charge is -2.16. The normalized spacial score (nSPS) is 12.0. The second-order valence-corrected chi connectivity index (χ2v) is 3.43. The van der Waals surface area contributed by atoms with Crippen LogP contribution in [0.5, 0.6) is 11.6 Å². The average molecular weight is 319 g/mol. The number of alkyl halides is 6. The minimum absolute atomic E-state index is 0.167. The van der Waals surface area contributed by atoms with Gasteiger partial charge in [-0.15, -0.1) is 13.2 Å². The zero-order chi connectivity index (χ0) is 16.4. The van der Waals surface area contributed by atoms with Crippen molar-refractivity contribution >= 4 is 5.97 Å². The summed E-state index contributed by atoms with van der Waals surface area (Å²) in [7, 11) is 1.57. The molecule has 0 radical (unpaired) electrons. The summed E-state index contributed by atoms with van der Waals surface area (Å²) < 4.78 is 86.6. The molecule has 1 aromatic rings. The molecule has 1 heterocycles. The van der Waals surface area contributed by atoms with Crippen LogP contribution in [0, 0.1) is 0 Å². The molecule has 0 atom stereocenters. The van der Waals surface area contributed by atoms with E-state index in [-0.39, 0.29) is 6.07 Å². The molecule has 0 aliphatic rings. The van der Waals surface area contributed by atoms with Gasteiger partial charge in [-0.1, -0.05) is 0 Å². The molecule has 11 heteroatoms.